The number of carbonyl (C=O) groups is 1. The lowest BCUT2D eigenvalue weighted by Crippen LogP contribution is -2.41. The lowest BCUT2D eigenvalue weighted by Gasteiger charge is -2.34. The van der Waals surface area contributed by atoms with Gasteiger partial charge in [0.1, 0.15) is 6.61 Å². The van der Waals surface area contributed by atoms with Crippen LogP contribution in [0.4, 0.5) is 4.79 Å². The highest BCUT2D eigenvalue weighted by Crippen LogP contribution is 2.52. The predicted octanol–water partition coefficient (Wildman–Crippen LogP) is 4.63. The van der Waals surface area contributed by atoms with Crippen LogP contribution in [0.2, 0.25) is 0 Å². The van der Waals surface area contributed by atoms with Crippen molar-refractivity contribution < 1.29 is 9.53 Å². The van der Waals surface area contributed by atoms with E-state index in [4.69, 9.17) is 4.74 Å². The Morgan fingerprint density at radius 3 is 2.70 bits per heavy atom. The van der Waals surface area contributed by atoms with Gasteiger partial charge in [0.15, 0.2) is 0 Å². The lowest BCUT2D eigenvalue weighted by atomic mass is 9.87. The summed E-state index contributed by atoms with van der Waals surface area (Å²) < 4.78 is 6.57. The maximum atomic E-state index is 12.5. The SMILES string of the molecule is O=C(OCc1ccccc1)N1Cc2cc(Br)ccc2C2(CC2)C1. The van der Waals surface area contributed by atoms with Crippen LogP contribution in [-0.2, 0) is 23.3 Å². The first-order chi connectivity index (χ1) is 11.2. The van der Waals surface area contributed by atoms with Gasteiger partial charge in [0.05, 0.1) is 0 Å². The first-order valence-electron chi connectivity index (χ1n) is 7.91. The Kier molecular flexibility index (Phi) is 3.64. The van der Waals surface area contributed by atoms with Crippen LogP contribution in [-0.4, -0.2) is 17.5 Å². The second kappa shape index (κ2) is 5.68. The third-order valence-corrected chi connectivity index (χ3v) is 5.30. The van der Waals surface area contributed by atoms with Crippen LogP contribution >= 0.6 is 15.9 Å². The van der Waals surface area contributed by atoms with E-state index in [2.05, 4.69) is 34.1 Å². The number of rotatable bonds is 2. The molecule has 23 heavy (non-hydrogen) atoms. The lowest BCUT2D eigenvalue weighted by molar-refractivity contribution is 0.0866. The summed E-state index contributed by atoms with van der Waals surface area (Å²) in [6, 6.07) is 16.2. The van der Waals surface area contributed by atoms with Crippen LogP contribution in [0.1, 0.15) is 29.5 Å². The summed E-state index contributed by atoms with van der Waals surface area (Å²) in [4.78, 5) is 14.3. The van der Waals surface area contributed by atoms with Gasteiger partial charge in [0.2, 0.25) is 0 Å². The molecule has 1 heterocycles. The highest BCUT2D eigenvalue weighted by atomic mass is 79.9. The molecule has 0 atom stereocenters. The van der Waals surface area contributed by atoms with Gasteiger partial charge in [-0.3, -0.25) is 0 Å². The molecule has 2 aliphatic rings. The molecule has 0 N–H and O–H groups in total. The van der Waals surface area contributed by atoms with Crippen molar-refractivity contribution in [3.05, 3.63) is 69.7 Å². The maximum absolute atomic E-state index is 12.5. The Morgan fingerprint density at radius 2 is 1.96 bits per heavy atom. The summed E-state index contributed by atoms with van der Waals surface area (Å²) in [7, 11) is 0. The Morgan fingerprint density at radius 1 is 1.17 bits per heavy atom. The molecule has 0 radical (unpaired) electrons. The average Bonchev–Trinajstić information content (AvgIpc) is 3.33. The summed E-state index contributed by atoms with van der Waals surface area (Å²) >= 11 is 3.53. The van der Waals surface area contributed by atoms with E-state index < -0.39 is 0 Å². The zero-order valence-corrected chi connectivity index (χ0v) is 14.4. The highest BCUT2D eigenvalue weighted by molar-refractivity contribution is 9.10. The van der Waals surface area contributed by atoms with Gasteiger partial charge in [-0.1, -0.05) is 52.3 Å². The molecule has 118 valence electrons. The molecule has 0 saturated heterocycles. The maximum Gasteiger partial charge on any atom is 0.410 e. The summed E-state index contributed by atoms with van der Waals surface area (Å²) in [6.45, 7) is 1.73. The van der Waals surface area contributed by atoms with Crippen molar-refractivity contribution in [2.45, 2.75) is 31.4 Å². The fourth-order valence-corrected chi connectivity index (χ4v) is 3.85. The topological polar surface area (TPSA) is 29.5 Å². The van der Waals surface area contributed by atoms with Gasteiger partial charge in [-0.2, -0.15) is 0 Å². The first kappa shape index (κ1) is 14.8. The number of carbonyl (C=O) groups excluding carboxylic acids is 1. The van der Waals surface area contributed by atoms with Gasteiger partial charge in [-0.25, -0.2) is 4.79 Å². The average molecular weight is 372 g/mol. The van der Waals surface area contributed by atoms with Gasteiger partial charge < -0.3 is 9.64 Å². The van der Waals surface area contributed by atoms with Crippen molar-refractivity contribution in [3.8, 4) is 0 Å². The second-order valence-electron chi connectivity index (χ2n) is 6.48. The minimum atomic E-state index is -0.217. The molecule has 0 unspecified atom stereocenters. The molecular weight excluding hydrogens is 354 g/mol. The van der Waals surface area contributed by atoms with Crippen molar-refractivity contribution in [1.29, 1.82) is 0 Å². The minimum absolute atomic E-state index is 0.167. The Hall–Kier alpha value is -1.81. The van der Waals surface area contributed by atoms with E-state index in [0.717, 1.165) is 29.4 Å². The number of hydrogen-bond acceptors (Lipinski definition) is 2. The summed E-state index contributed by atoms with van der Waals surface area (Å²) in [5.74, 6) is 0. The molecule has 1 aliphatic heterocycles. The summed E-state index contributed by atoms with van der Waals surface area (Å²) in [6.07, 6.45) is 2.10. The molecule has 0 bridgehead atoms. The fourth-order valence-electron chi connectivity index (χ4n) is 3.44. The number of ether oxygens (including phenoxy) is 1. The smallest absolute Gasteiger partial charge is 0.410 e. The van der Waals surface area contributed by atoms with Crippen molar-refractivity contribution in [2.75, 3.05) is 6.54 Å². The molecule has 1 aliphatic carbocycles. The zero-order valence-electron chi connectivity index (χ0n) is 12.8. The predicted molar refractivity (Wildman–Crippen MR) is 92.1 cm³/mol. The molecule has 1 saturated carbocycles. The number of hydrogen-bond donors (Lipinski definition) is 0. The van der Waals surface area contributed by atoms with E-state index in [1.165, 1.54) is 11.1 Å². The Labute approximate surface area is 144 Å². The van der Waals surface area contributed by atoms with Crippen LogP contribution in [0, 0.1) is 0 Å². The van der Waals surface area contributed by atoms with Gasteiger partial charge >= 0.3 is 6.09 Å². The number of halogens is 1. The molecule has 1 amide bonds. The van der Waals surface area contributed by atoms with Crippen LogP contribution < -0.4 is 0 Å². The van der Waals surface area contributed by atoms with E-state index >= 15 is 0 Å². The molecule has 4 rings (SSSR count). The van der Waals surface area contributed by atoms with Crippen molar-refractivity contribution in [3.63, 3.8) is 0 Å². The molecule has 4 heteroatoms. The molecule has 1 spiro atoms. The van der Waals surface area contributed by atoms with Gasteiger partial charge in [-0.05, 0) is 41.7 Å². The summed E-state index contributed by atoms with van der Waals surface area (Å²) in [5, 5.41) is 0. The number of benzene rings is 2. The third kappa shape index (κ3) is 2.88. The zero-order chi connectivity index (χ0) is 15.9. The van der Waals surface area contributed by atoms with E-state index in [-0.39, 0.29) is 11.5 Å². The van der Waals surface area contributed by atoms with Crippen LogP contribution in [0.5, 0.6) is 0 Å². The van der Waals surface area contributed by atoms with Crippen LogP contribution in [0.15, 0.2) is 53.0 Å². The normalized spacial score (nSPS) is 17.7. The molecule has 2 aromatic rings. The largest absolute Gasteiger partial charge is 0.445 e. The number of nitrogens with zero attached hydrogens (tertiary/aromatic N) is 1. The van der Waals surface area contributed by atoms with E-state index in [9.17, 15) is 4.79 Å². The van der Waals surface area contributed by atoms with Crippen LogP contribution in [0.3, 0.4) is 0 Å². The van der Waals surface area contributed by atoms with E-state index in [0.29, 0.717) is 13.2 Å². The molecule has 0 aromatic heterocycles. The Balaban J connectivity index is 1.49. The third-order valence-electron chi connectivity index (χ3n) is 4.81. The summed E-state index contributed by atoms with van der Waals surface area (Å²) in [5.41, 5.74) is 3.83. The second-order valence-corrected chi connectivity index (χ2v) is 7.39. The van der Waals surface area contributed by atoms with Crippen molar-refractivity contribution in [2.24, 2.45) is 0 Å². The molecule has 3 nitrogen and oxygen atoms in total. The number of fused-ring (bicyclic) bond motifs is 2. The Bertz CT molecular complexity index is 740. The highest BCUT2D eigenvalue weighted by Gasteiger charge is 2.50. The number of amides is 1. The van der Waals surface area contributed by atoms with Gasteiger partial charge in [0.25, 0.3) is 0 Å². The quantitative estimate of drug-likeness (QED) is 0.769. The van der Waals surface area contributed by atoms with Crippen LogP contribution in [0.25, 0.3) is 0 Å². The standard InChI is InChI=1S/C19H18BrNO2/c20-16-6-7-17-15(10-16)11-21(13-19(17)8-9-19)18(22)23-12-14-4-2-1-3-5-14/h1-7,10H,8-9,11-13H2. The van der Waals surface area contributed by atoms with E-state index in [1.807, 2.05) is 35.2 Å². The minimum Gasteiger partial charge on any atom is -0.445 e. The molecule has 2 aromatic carbocycles. The fraction of sp³-hybridized carbons (Fsp3) is 0.316. The molecule has 1 fully saturated rings. The van der Waals surface area contributed by atoms with E-state index in [1.54, 1.807) is 0 Å². The molecular formula is C19H18BrNO2. The first-order valence-corrected chi connectivity index (χ1v) is 8.70. The van der Waals surface area contributed by atoms with Gasteiger partial charge in [0, 0.05) is 23.0 Å². The monoisotopic (exact) mass is 371 g/mol. The van der Waals surface area contributed by atoms with Crippen molar-refractivity contribution >= 4 is 22.0 Å². The van der Waals surface area contributed by atoms with Crippen molar-refractivity contribution in [1.82, 2.24) is 4.90 Å². The van der Waals surface area contributed by atoms with Gasteiger partial charge in [-0.15, -0.1) is 0 Å².